The molecule has 1 aliphatic heterocycles. The highest BCUT2D eigenvalue weighted by Gasteiger charge is 2.34. The van der Waals surface area contributed by atoms with Gasteiger partial charge in [-0.2, -0.15) is 4.31 Å². The summed E-state index contributed by atoms with van der Waals surface area (Å²) < 4.78 is 26.5. The van der Waals surface area contributed by atoms with E-state index in [9.17, 15) is 8.42 Å². The van der Waals surface area contributed by atoms with Gasteiger partial charge >= 0.3 is 0 Å². The van der Waals surface area contributed by atoms with Gasteiger partial charge in [-0.3, -0.25) is 0 Å². The Morgan fingerprint density at radius 3 is 2.82 bits per heavy atom. The van der Waals surface area contributed by atoms with Gasteiger partial charge in [-0.1, -0.05) is 44.0 Å². The molecule has 0 bridgehead atoms. The first kappa shape index (κ1) is 13.5. The number of hydrogen-bond donors (Lipinski definition) is 0. The van der Waals surface area contributed by atoms with Crippen LogP contribution in [0.4, 0.5) is 0 Å². The van der Waals surface area contributed by atoms with Crippen LogP contribution in [0.15, 0.2) is 28.7 Å². The molecule has 1 atom stereocenters. The smallest absolute Gasteiger partial charge is 0.211 e. The largest absolute Gasteiger partial charge is 0.224 e. The third kappa shape index (κ3) is 2.92. The Morgan fingerprint density at radius 2 is 2.18 bits per heavy atom. The van der Waals surface area contributed by atoms with Gasteiger partial charge in [0, 0.05) is 17.1 Å². The average molecular weight is 383 g/mol. The van der Waals surface area contributed by atoms with Crippen LogP contribution in [0.1, 0.15) is 24.4 Å². The van der Waals surface area contributed by atoms with Crippen molar-refractivity contribution < 1.29 is 8.42 Å². The highest BCUT2D eigenvalue weighted by atomic mass is 79.9. The zero-order valence-electron chi connectivity index (χ0n) is 9.14. The molecule has 1 fully saturated rings. The standard InChI is InChI=1S/C11H13Br2NO2S/c12-8-17(15,16)14-6-2-5-11(14)9-3-1-4-10(13)7-9/h1,3-4,7,11H,2,5-6,8H2. The number of hydrogen-bond acceptors (Lipinski definition) is 2. The summed E-state index contributed by atoms with van der Waals surface area (Å²) in [5, 5.41) is 0. The average Bonchev–Trinajstić information content (AvgIpc) is 2.78. The van der Waals surface area contributed by atoms with E-state index < -0.39 is 10.0 Å². The highest BCUT2D eigenvalue weighted by molar-refractivity contribution is 9.10. The molecular formula is C11H13Br2NO2S. The van der Waals surface area contributed by atoms with Crippen molar-refractivity contribution in [1.29, 1.82) is 0 Å². The molecule has 1 aromatic carbocycles. The second kappa shape index (κ2) is 5.38. The van der Waals surface area contributed by atoms with Crippen LogP contribution in [0, 0.1) is 0 Å². The number of alkyl halides is 1. The molecule has 1 unspecified atom stereocenters. The van der Waals surface area contributed by atoms with E-state index in [1.54, 1.807) is 4.31 Å². The first-order valence-electron chi connectivity index (χ1n) is 5.35. The van der Waals surface area contributed by atoms with Crippen molar-refractivity contribution in [3.63, 3.8) is 0 Å². The van der Waals surface area contributed by atoms with Gasteiger partial charge in [-0.25, -0.2) is 8.42 Å². The monoisotopic (exact) mass is 381 g/mol. The van der Waals surface area contributed by atoms with Crippen molar-refractivity contribution in [3.8, 4) is 0 Å². The lowest BCUT2D eigenvalue weighted by Crippen LogP contribution is -2.31. The number of rotatable bonds is 3. The summed E-state index contributed by atoms with van der Waals surface area (Å²) in [6.45, 7) is 0.616. The van der Waals surface area contributed by atoms with Gasteiger partial charge in [0.2, 0.25) is 10.0 Å². The van der Waals surface area contributed by atoms with Gasteiger partial charge in [0.15, 0.2) is 0 Å². The summed E-state index contributed by atoms with van der Waals surface area (Å²) in [6.07, 6.45) is 1.81. The highest BCUT2D eigenvalue weighted by Crippen LogP contribution is 2.35. The number of nitrogens with zero attached hydrogens (tertiary/aromatic N) is 1. The molecule has 0 aromatic heterocycles. The van der Waals surface area contributed by atoms with E-state index in [1.165, 1.54) is 0 Å². The van der Waals surface area contributed by atoms with Crippen LogP contribution in [0.2, 0.25) is 0 Å². The normalized spacial score (nSPS) is 21.9. The minimum Gasteiger partial charge on any atom is -0.211 e. The van der Waals surface area contributed by atoms with E-state index in [2.05, 4.69) is 31.9 Å². The zero-order chi connectivity index (χ0) is 12.5. The Hall–Kier alpha value is 0.0900. The van der Waals surface area contributed by atoms with Crippen LogP contribution in [-0.4, -0.2) is 23.9 Å². The van der Waals surface area contributed by atoms with E-state index >= 15 is 0 Å². The summed E-state index contributed by atoms with van der Waals surface area (Å²) in [5.74, 6) is 0. The molecule has 94 valence electrons. The van der Waals surface area contributed by atoms with Gasteiger partial charge in [0.25, 0.3) is 0 Å². The molecule has 0 amide bonds. The molecule has 0 N–H and O–H groups in total. The summed E-state index contributed by atoms with van der Waals surface area (Å²) in [7, 11) is -3.17. The van der Waals surface area contributed by atoms with Crippen molar-refractivity contribution in [3.05, 3.63) is 34.3 Å². The first-order valence-corrected chi connectivity index (χ1v) is 8.88. The quantitative estimate of drug-likeness (QED) is 0.752. The predicted molar refractivity (Wildman–Crippen MR) is 75.5 cm³/mol. The van der Waals surface area contributed by atoms with E-state index in [1.807, 2.05) is 24.3 Å². The molecular weight excluding hydrogens is 370 g/mol. The molecule has 3 nitrogen and oxygen atoms in total. The van der Waals surface area contributed by atoms with Gasteiger partial charge in [-0.15, -0.1) is 0 Å². The SMILES string of the molecule is O=S(=O)(CBr)N1CCCC1c1cccc(Br)c1. The third-order valence-electron chi connectivity index (χ3n) is 2.93. The van der Waals surface area contributed by atoms with E-state index in [-0.39, 0.29) is 10.7 Å². The molecule has 1 aromatic rings. The van der Waals surface area contributed by atoms with Crippen molar-refractivity contribution in [2.75, 3.05) is 11.2 Å². The molecule has 0 spiro atoms. The minimum atomic E-state index is -3.17. The van der Waals surface area contributed by atoms with Gasteiger partial charge < -0.3 is 0 Å². The van der Waals surface area contributed by atoms with Gasteiger partial charge in [0.1, 0.15) is 4.66 Å². The Bertz CT molecular complexity index is 504. The molecule has 1 saturated heterocycles. The lowest BCUT2D eigenvalue weighted by Gasteiger charge is -2.23. The Morgan fingerprint density at radius 1 is 1.41 bits per heavy atom. The van der Waals surface area contributed by atoms with Crippen molar-refractivity contribution in [2.24, 2.45) is 0 Å². The predicted octanol–water partition coefficient (Wildman–Crippen LogP) is 3.27. The van der Waals surface area contributed by atoms with Gasteiger partial charge in [-0.05, 0) is 30.5 Å². The first-order chi connectivity index (χ1) is 8.04. The minimum absolute atomic E-state index is 0.00942. The Labute approximate surface area is 119 Å². The van der Waals surface area contributed by atoms with E-state index in [0.29, 0.717) is 6.54 Å². The Kier molecular flexibility index (Phi) is 4.28. The zero-order valence-corrected chi connectivity index (χ0v) is 13.1. The number of benzene rings is 1. The van der Waals surface area contributed by atoms with Gasteiger partial charge in [0.05, 0.1) is 0 Å². The van der Waals surface area contributed by atoms with Crippen LogP contribution in [-0.2, 0) is 10.0 Å². The summed E-state index contributed by atoms with van der Waals surface area (Å²) in [6, 6.07) is 7.85. The molecule has 0 saturated carbocycles. The second-order valence-corrected chi connectivity index (χ2v) is 8.18. The number of halogens is 2. The summed E-state index contributed by atoms with van der Waals surface area (Å²) in [4.78, 5) is 0. The van der Waals surface area contributed by atoms with Crippen LogP contribution >= 0.6 is 31.9 Å². The summed E-state index contributed by atoms with van der Waals surface area (Å²) in [5.41, 5.74) is 1.06. The van der Waals surface area contributed by atoms with E-state index in [4.69, 9.17) is 0 Å². The molecule has 1 aliphatic rings. The lowest BCUT2D eigenvalue weighted by atomic mass is 10.1. The molecule has 6 heteroatoms. The second-order valence-electron chi connectivity index (χ2n) is 4.04. The lowest BCUT2D eigenvalue weighted by molar-refractivity contribution is 0.400. The van der Waals surface area contributed by atoms with Crippen LogP contribution in [0.3, 0.4) is 0 Å². The van der Waals surface area contributed by atoms with E-state index in [0.717, 1.165) is 22.9 Å². The van der Waals surface area contributed by atoms with Crippen LogP contribution in [0.5, 0.6) is 0 Å². The molecule has 0 radical (unpaired) electrons. The Balaban J connectivity index is 2.32. The third-order valence-corrected chi connectivity index (χ3v) is 6.59. The van der Waals surface area contributed by atoms with Crippen molar-refractivity contribution in [2.45, 2.75) is 18.9 Å². The number of sulfonamides is 1. The summed E-state index contributed by atoms with van der Waals surface area (Å²) >= 11 is 6.48. The molecule has 17 heavy (non-hydrogen) atoms. The van der Waals surface area contributed by atoms with Crippen LogP contribution in [0.25, 0.3) is 0 Å². The molecule has 0 aliphatic carbocycles. The van der Waals surface area contributed by atoms with Crippen molar-refractivity contribution in [1.82, 2.24) is 4.31 Å². The topological polar surface area (TPSA) is 37.4 Å². The maximum Gasteiger partial charge on any atom is 0.224 e. The molecule has 1 heterocycles. The fraction of sp³-hybridized carbons (Fsp3) is 0.455. The maximum absolute atomic E-state index is 11.9. The van der Waals surface area contributed by atoms with Crippen molar-refractivity contribution >= 4 is 41.9 Å². The molecule has 2 rings (SSSR count). The van der Waals surface area contributed by atoms with Crippen LogP contribution < -0.4 is 0 Å². The fourth-order valence-corrected chi connectivity index (χ4v) is 4.54. The maximum atomic E-state index is 11.9. The fourth-order valence-electron chi connectivity index (χ4n) is 2.18.